The van der Waals surface area contributed by atoms with Gasteiger partial charge in [0.15, 0.2) is 0 Å². The number of benzene rings is 1. The molecule has 5 nitrogen and oxygen atoms in total. The predicted molar refractivity (Wildman–Crippen MR) is 87.1 cm³/mol. The summed E-state index contributed by atoms with van der Waals surface area (Å²) in [6, 6.07) is 10.4. The van der Waals surface area contributed by atoms with Crippen molar-refractivity contribution in [3.05, 3.63) is 59.9 Å². The molecule has 116 valence electrons. The summed E-state index contributed by atoms with van der Waals surface area (Å²) in [6.07, 6.45) is 5.57. The maximum atomic E-state index is 12.1. The van der Waals surface area contributed by atoms with Crippen molar-refractivity contribution in [1.82, 2.24) is 9.82 Å². The van der Waals surface area contributed by atoms with E-state index in [1.807, 2.05) is 12.1 Å². The van der Waals surface area contributed by atoms with Gasteiger partial charge in [0.2, 0.25) is 0 Å². The summed E-state index contributed by atoms with van der Waals surface area (Å²) >= 11 is 0. The molecule has 0 fully saturated rings. The second-order valence-electron chi connectivity index (χ2n) is 5.38. The summed E-state index contributed by atoms with van der Waals surface area (Å²) in [5.74, 6) is 0.532. The Bertz CT molecular complexity index is 724. The summed E-state index contributed by atoms with van der Waals surface area (Å²) in [6.45, 7) is 4.25. The zero-order chi connectivity index (χ0) is 16.0. The van der Waals surface area contributed by atoms with Crippen LogP contribution in [-0.4, -0.2) is 19.6 Å². The molecule has 2 rings (SSSR count). The van der Waals surface area contributed by atoms with E-state index in [9.17, 15) is 8.42 Å². The van der Waals surface area contributed by atoms with Gasteiger partial charge in [-0.1, -0.05) is 32.0 Å². The van der Waals surface area contributed by atoms with Crippen LogP contribution < -0.4 is 4.83 Å². The lowest BCUT2D eigenvalue weighted by Gasteiger charge is -2.07. The fourth-order valence-corrected chi connectivity index (χ4v) is 2.74. The third kappa shape index (κ3) is 4.66. The first kappa shape index (κ1) is 16.2. The minimum Gasteiger partial charge on any atom is -0.264 e. The zero-order valence-electron chi connectivity index (χ0n) is 12.6. The van der Waals surface area contributed by atoms with Gasteiger partial charge in [-0.2, -0.15) is 13.5 Å². The molecular weight excluding hydrogens is 298 g/mol. The van der Waals surface area contributed by atoms with Crippen LogP contribution in [0, 0.1) is 5.92 Å². The topological polar surface area (TPSA) is 71.4 Å². The van der Waals surface area contributed by atoms with Crippen LogP contribution in [-0.2, 0) is 16.4 Å². The highest BCUT2D eigenvalue weighted by Gasteiger charge is 2.12. The highest BCUT2D eigenvalue weighted by Crippen LogP contribution is 2.13. The number of rotatable bonds is 6. The van der Waals surface area contributed by atoms with Crippen molar-refractivity contribution < 1.29 is 8.42 Å². The SMILES string of the molecule is CC(C)Cc1ccc(S(=O)(=O)NN=Cc2cccnc2)cc1. The van der Waals surface area contributed by atoms with Crippen LogP contribution >= 0.6 is 0 Å². The number of nitrogens with zero attached hydrogens (tertiary/aromatic N) is 2. The van der Waals surface area contributed by atoms with E-state index in [1.54, 1.807) is 36.7 Å². The molecule has 0 atom stereocenters. The molecule has 1 N–H and O–H groups in total. The van der Waals surface area contributed by atoms with Crippen molar-refractivity contribution in [3.8, 4) is 0 Å². The van der Waals surface area contributed by atoms with Crippen LogP contribution in [0.5, 0.6) is 0 Å². The molecule has 1 heterocycles. The molecule has 0 amide bonds. The van der Waals surface area contributed by atoms with Crippen LogP contribution in [0.2, 0.25) is 0 Å². The van der Waals surface area contributed by atoms with Crippen LogP contribution in [0.1, 0.15) is 25.0 Å². The molecule has 6 heteroatoms. The van der Waals surface area contributed by atoms with Crippen molar-refractivity contribution in [2.24, 2.45) is 11.0 Å². The van der Waals surface area contributed by atoms with E-state index in [0.717, 1.165) is 17.5 Å². The monoisotopic (exact) mass is 317 g/mol. The Morgan fingerprint density at radius 1 is 1.23 bits per heavy atom. The molecule has 22 heavy (non-hydrogen) atoms. The maximum Gasteiger partial charge on any atom is 0.276 e. The van der Waals surface area contributed by atoms with Crippen molar-refractivity contribution in [1.29, 1.82) is 0 Å². The average molecular weight is 317 g/mol. The van der Waals surface area contributed by atoms with Crippen molar-refractivity contribution in [2.45, 2.75) is 25.2 Å². The van der Waals surface area contributed by atoms with Gasteiger partial charge >= 0.3 is 0 Å². The molecule has 2 aromatic rings. The van der Waals surface area contributed by atoms with E-state index in [0.29, 0.717) is 5.92 Å². The standard InChI is InChI=1S/C16H19N3O2S/c1-13(2)10-14-5-7-16(8-6-14)22(20,21)19-18-12-15-4-3-9-17-11-15/h3-9,11-13,19H,10H2,1-2H3. The van der Waals surface area contributed by atoms with Gasteiger partial charge < -0.3 is 0 Å². The molecule has 0 saturated carbocycles. The second kappa shape index (κ2) is 7.17. The summed E-state index contributed by atoms with van der Waals surface area (Å²) in [5, 5.41) is 3.76. The zero-order valence-corrected chi connectivity index (χ0v) is 13.4. The van der Waals surface area contributed by atoms with E-state index < -0.39 is 10.0 Å². The highest BCUT2D eigenvalue weighted by molar-refractivity contribution is 7.89. The predicted octanol–water partition coefficient (Wildman–Crippen LogP) is 2.59. The molecule has 0 aliphatic carbocycles. The number of aromatic nitrogens is 1. The summed E-state index contributed by atoms with van der Waals surface area (Å²) in [4.78, 5) is 6.32. The van der Waals surface area contributed by atoms with E-state index in [4.69, 9.17) is 0 Å². The van der Waals surface area contributed by atoms with Crippen LogP contribution in [0.4, 0.5) is 0 Å². The van der Waals surface area contributed by atoms with Gasteiger partial charge in [-0.15, -0.1) is 0 Å². The van der Waals surface area contributed by atoms with Crippen molar-refractivity contribution in [3.63, 3.8) is 0 Å². The molecule has 0 aliphatic rings. The minimum atomic E-state index is -3.64. The van der Waals surface area contributed by atoms with Crippen molar-refractivity contribution in [2.75, 3.05) is 0 Å². The average Bonchev–Trinajstić information content (AvgIpc) is 2.48. The van der Waals surface area contributed by atoms with Gasteiger partial charge in [0.1, 0.15) is 0 Å². The summed E-state index contributed by atoms with van der Waals surface area (Å²) in [7, 11) is -3.64. The Hall–Kier alpha value is -2.21. The van der Waals surface area contributed by atoms with E-state index in [1.165, 1.54) is 6.21 Å². The Balaban J connectivity index is 2.05. The summed E-state index contributed by atoms with van der Waals surface area (Å²) in [5.41, 5.74) is 1.84. The lowest BCUT2D eigenvalue weighted by molar-refractivity contribution is 0.584. The third-order valence-corrected chi connectivity index (χ3v) is 4.19. The Kier molecular flexibility index (Phi) is 5.27. The van der Waals surface area contributed by atoms with Crippen molar-refractivity contribution >= 4 is 16.2 Å². The molecular formula is C16H19N3O2S. The number of pyridine rings is 1. The summed E-state index contributed by atoms with van der Waals surface area (Å²) < 4.78 is 24.2. The normalized spacial score (nSPS) is 12.0. The maximum absolute atomic E-state index is 12.1. The van der Waals surface area contributed by atoms with E-state index >= 15 is 0 Å². The van der Waals surface area contributed by atoms with Crippen LogP contribution in [0.25, 0.3) is 0 Å². The lowest BCUT2D eigenvalue weighted by atomic mass is 10.0. The van der Waals surface area contributed by atoms with Crippen LogP contribution in [0.15, 0.2) is 58.8 Å². The number of hydrogen-bond donors (Lipinski definition) is 1. The first-order valence-electron chi connectivity index (χ1n) is 7.01. The first-order valence-corrected chi connectivity index (χ1v) is 8.49. The Morgan fingerprint density at radius 3 is 2.55 bits per heavy atom. The largest absolute Gasteiger partial charge is 0.276 e. The van der Waals surface area contributed by atoms with Gasteiger partial charge in [-0.3, -0.25) is 4.98 Å². The van der Waals surface area contributed by atoms with Gasteiger partial charge in [-0.25, -0.2) is 4.83 Å². The van der Waals surface area contributed by atoms with E-state index in [2.05, 4.69) is 28.8 Å². The fraction of sp³-hybridized carbons (Fsp3) is 0.250. The Labute approximate surface area is 131 Å². The smallest absolute Gasteiger partial charge is 0.264 e. The molecule has 1 aromatic carbocycles. The van der Waals surface area contributed by atoms with E-state index in [-0.39, 0.29) is 4.90 Å². The number of hydrazone groups is 1. The van der Waals surface area contributed by atoms with Gasteiger partial charge in [0, 0.05) is 18.0 Å². The first-order chi connectivity index (χ1) is 10.5. The molecule has 0 unspecified atom stereocenters. The van der Waals surface area contributed by atoms with Gasteiger partial charge in [-0.05, 0) is 36.1 Å². The molecule has 0 radical (unpaired) electrons. The third-order valence-electron chi connectivity index (χ3n) is 2.95. The molecule has 0 bridgehead atoms. The number of nitrogens with one attached hydrogen (secondary N) is 1. The quantitative estimate of drug-likeness (QED) is 0.657. The molecule has 0 saturated heterocycles. The molecule has 0 aliphatic heterocycles. The second-order valence-corrected chi connectivity index (χ2v) is 7.04. The van der Waals surface area contributed by atoms with Gasteiger partial charge in [0.25, 0.3) is 10.0 Å². The lowest BCUT2D eigenvalue weighted by Crippen LogP contribution is -2.18. The molecule has 1 aromatic heterocycles. The Morgan fingerprint density at radius 2 is 1.95 bits per heavy atom. The minimum absolute atomic E-state index is 0.198. The molecule has 0 spiro atoms. The fourth-order valence-electron chi connectivity index (χ4n) is 1.95. The van der Waals surface area contributed by atoms with Gasteiger partial charge in [0.05, 0.1) is 11.1 Å². The van der Waals surface area contributed by atoms with Crippen LogP contribution in [0.3, 0.4) is 0 Å². The number of sulfonamides is 1. The highest BCUT2D eigenvalue weighted by atomic mass is 32.2. The number of hydrogen-bond acceptors (Lipinski definition) is 4.